The Labute approximate surface area is 153 Å². The molecule has 6 nitrogen and oxygen atoms in total. The van der Waals surface area contributed by atoms with Crippen molar-refractivity contribution >= 4 is 21.6 Å². The number of nitrogens with one attached hydrogen (secondary N) is 1. The molecule has 138 valence electrons. The summed E-state index contributed by atoms with van der Waals surface area (Å²) in [5.41, 5.74) is 0.798. The Bertz CT molecular complexity index is 851. The first-order chi connectivity index (χ1) is 12.5. The highest BCUT2D eigenvalue weighted by atomic mass is 32.2. The fourth-order valence-corrected chi connectivity index (χ4v) is 4.10. The maximum atomic E-state index is 12.3. The molecule has 1 atom stereocenters. The van der Waals surface area contributed by atoms with Gasteiger partial charge in [0.25, 0.3) is 0 Å². The molecule has 26 heavy (non-hydrogen) atoms. The zero-order chi connectivity index (χ0) is 18.6. The molecular formula is C19H22N2O4S. The SMILES string of the molecule is CCOc1ccc(N2C[C@@H](CNS(=O)(=O)c3ccccc3)CC2=O)cc1. The van der Waals surface area contributed by atoms with E-state index < -0.39 is 10.0 Å². The van der Waals surface area contributed by atoms with Crippen LogP contribution in [0.15, 0.2) is 59.5 Å². The van der Waals surface area contributed by atoms with E-state index in [1.165, 1.54) is 0 Å². The van der Waals surface area contributed by atoms with Gasteiger partial charge in [-0.15, -0.1) is 0 Å². The van der Waals surface area contributed by atoms with E-state index >= 15 is 0 Å². The minimum atomic E-state index is -3.56. The van der Waals surface area contributed by atoms with Crippen LogP contribution in [0.5, 0.6) is 5.75 Å². The van der Waals surface area contributed by atoms with Crippen molar-refractivity contribution in [3.05, 3.63) is 54.6 Å². The molecule has 0 bridgehead atoms. The highest BCUT2D eigenvalue weighted by Gasteiger charge is 2.31. The van der Waals surface area contributed by atoms with Crippen LogP contribution < -0.4 is 14.4 Å². The fraction of sp³-hybridized carbons (Fsp3) is 0.316. The van der Waals surface area contributed by atoms with Crippen LogP contribution in [0.1, 0.15) is 13.3 Å². The molecule has 0 unspecified atom stereocenters. The summed E-state index contributed by atoms with van der Waals surface area (Å²) in [5, 5.41) is 0. The van der Waals surface area contributed by atoms with Crippen molar-refractivity contribution < 1.29 is 17.9 Å². The molecule has 0 aromatic heterocycles. The maximum Gasteiger partial charge on any atom is 0.240 e. The topological polar surface area (TPSA) is 75.7 Å². The number of rotatable bonds is 7. The number of ether oxygens (including phenoxy) is 1. The van der Waals surface area contributed by atoms with Gasteiger partial charge in [0.05, 0.1) is 11.5 Å². The van der Waals surface area contributed by atoms with Gasteiger partial charge in [0.2, 0.25) is 15.9 Å². The number of nitrogens with zero attached hydrogens (tertiary/aromatic N) is 1. The normalized spacial score (nSPS) is 17.5. The van der Waals surface area contributed by atoms with Gasteiger partial charge in [-0.2, -0.15) is 0 Å². The van der Waals surface area contributed by atoms with Gasteiger partial charge in [-0.1, -0.05) is 18.2 Å². The Kier molecular flexibility index (Phi) is 5.58. The van der Waals surface area contributed by atoms with Crippen molar-refractivity contribution in [2.24, 2.45) is 5.92 Å². The molecule has 1 aliphatic heterocycles. The second-order valence-corrected chi connectivity index (χ2v) is 7.93. The van der Waals surface area contributed by atoms with E-state index in [-0.39, 0.29) is 23.3 Å². The van der Waals surface area contributed by atoms with Crippen LogP contribution in [0.2, 0.25) is 0 Å². The molecule has 1 saturated heterocycles. The standard InChI is InChI=1S/C19H22N2O4S/c1-2-25-17-10-8-16(9-11-17)21-14-15(12-19(21)22)13-20-26(23,24)18-6-4-3-5-7-18/h3-11,15,20H,2,12-14H2,1H3/t15-/m1/s1. The monoisotopic (exact) mass is 374 g/mol. The molecule has 7 heteroatoms. The lowest BCUT2D eigenvalue weighted by Gasteiger charge is -2.17. The van der Waals surface area contributed by atoms with Gasteiger partial charge in [-0.3, -0.25) is 4.79 Å². The minimum Gasteiger partial charge on any atom is -0.494 e. The fourth-order valence-electron chi connectivity index (χ4n) is 2.97. The smallest absolute Gasteiger partial charge is 0.240 e. The zero-order valence-electron chi connectivity index (χ0n) is 14.6. The number of carbonyl (C=O) groups is 1. The van der Waals surface area contributed by atoms with E-state index in [4.69, 9.17) is 4.74 Å². The van der Waals surface area contributed by atoms with Crippen molar-refractivity contribution in [3.8, 4) is 5.75 Å². The third kappa shape index (κ3) is 4.23. The number of benzene rings is 2. The lowest BCUT2D eigenvalue weighted by molar-refractivity contribution is -0.117. The highest BCUT2D eigenvalue weighted by Crippen LogP contribution is 2.26. The molecule has 0 aliphatic carbocycles. The predicted molar refractivity (Wildman–Crippen MR) is 99.7 cm³/mol. The molecule has 1 N–H and O–H groups in total. The van der Waals surface area contributed by atoms with E-state index in [0.717, 1.165) is 11.4 Å². The molecule has 1 aliphatic rings. The second kappa shape index (κ2) is 7.88. The molecule has 1 heterocycles. The van der Waals surface area contributed by atoms with Gasteiger partial charge in [0.1, 0.15) is 5.75 Å². The van der Waals surface area contributed by atoms with E-state index in [1.807, 2.05) is 31.2 Å². The number of amides is 1. The lowest BCUT2D eigenvalue weighted by atomic mass is 10.1. The average molecular weight is 374 g/mol. The van der Waals surface area contributed by atoms with Gasteiger partial charge < -0.3 is 9.64 Å². The van der Waals surface area contributed by atoms with E-state index in [1.54, 1.807) is 35.2 Å². The van der Waals surface area contributed by atoms with Gasteiger partial charge in [0, 0.05) is 25.2 Å². The third-order valence-electron chi connectivity index (χ3n) is 4.28. The second-order valence-electron chi connectivity index (χ2n) is 6.17. The summed E-state index contributed by atoms with van der Waals surface area (Å²) in [4.78, 5) is 14.2. The molecule has 1 amide bonds. The maximum absolute atomic E-state index is 12.3. The molecule has 0 radical (unpaired) electrons. The summed E-state index contributed by atoms with van der Waals surface area (Å²) in [5.74, 6) is 0.695. The molecule has 0 spiro atoms. The first-order valence-electron chi connectivity index (χ1n) is 8.57. The summed E-state index contributed by atoms with van der Waals surface area (Å²) in [7, 11) is -3.56. The number of sulfonamides is 1. The van der Waals surface area contributed by atoms with Gasteiger partial charge >= 0.3 is 0 Å². The van der Waals surface area contributed by atoms with Crippen molar-refractivity contribution in [2.75, 3.05) is 24.6 Å². The van der Waals surface area contributed by atoms with Crippen LogP contribution in [-0.4, -0.2) is 34.0 Å². The molecule has 1 fully saturated rings. The van der Waals surface area contributed by atoms with Crippen LogP contribution in [0, 0.1) is 5.92 Å². The minimum absolute atomic E-state index is 0.00179. The van der Waals surface area contributed by atoms with Crippen LogP contribution in [0.3, 0.4) is 0 Å². The first-order valence-corrected chi connectivity index (χ1v) is 10.1. The first kappa shape index (κ1) is 18.4. The number of anilines is 1. The number of carbonyl (C=O) groups excluding carboxylic acids is 1. The van der Waals surface area contributed by atoms with E-state index in [2.05, 4.69) is 4.72 Å². The van der Waals surface area contributed by atoms with Crippen LogP contribution in [0.25, 0.3) is 0 Å². The Hall–Kier alpha value is -2.38. The Morgan fingerprint density at radius 1 is 1.12 bits per heavy atom. The largest absolute Gasteiger partial charge is 0.494 e. The average Bonchev–Trinajstić information content (AvgIpc) is 3.03. The summed E-state index contributed by atoms with van der Waals surface area (Å²) < 4.78 is 32.6. The highest BCUT2D eigenvalue weighted by molar-refractivity contribution is 7.89. The van der Waals surface area contributed by atoms with Crippen molar-refractivity contribution in [1.29, 1.82) is 0 Å². The van der Waals surface area contributed by atoms with Gasteiger partial charge in [0.15, 0.2) is 0 Å². The van der Waals surface area contributed by atoms with Gasteiger partial charge in [-0.25, -0.2) is 13.1 Å². The van der Waals surface area contributed by atoms with E-state index in [9.17, 15) is 13.2 Å². The molecule has 0 saturated carbocycles. The van der Waals surface area contributed by atoms with Crippen LogP contribution >= 0.6 is 0 Å². The summed E-state index contributed by atoms with van der Waals surface area (Å²) in [6.07, 6.45) is 0.324. The third-order valence-corrected chi connectivity index (χ3v) is 5.72. The zero-order valence-corrected chi connectivity index (χ0v) is 15.4. The Morgan fingerprint density at radius 2 is 1.81 bits per heavy atom. The Balaban J connectivity index is 1.61. The quantitative estimate of drug-likeness (QED) is 0.808. The van der Waals surface area contributed by atoms with Gasteiger partial charge in [-0.05, 0) is 49.2 Å². The summed E-state index contributed by atoms with van der Waals surface area (Å²) >= 11 is 0. The van der Waals surface area contributed by atoms with Crippen molar-refractivity contribution in [3.63, 3.8) is 0 Å². The summed E-state index contributed by atoms with van der Waals surface area (Å²) in [6.45, 7) is 3.23. The van der Waals surface area contributed by atoms with Crippen LogP contribution in [0.4, 0.5) is 5.69 Å². The Morgan fingerprint density at radius 3 is 2.46 bits per heavy atom. The molecule has 2 aromatic rings. The lowest BCUT2D eigenvalue weighted by Crippen LogP contribution is -2.31. The number of hydrogen-bond donors (Lipinski definition) is 1. The molecule has 3 rings (SSSR count). The van der Waals surface area contributed by atoms with Crippen LogP contribution in [-0.2, 0) is 14.8 Å². The molecule has 2 aromatic carbocycles. The number of hydrogen-bond acceptors (Lipinski definition) is 4. The predicted octanol–water partition coefficient (Wildman–Crippen LogP) is 2.42. The summed E-state index contributed by atoms with van der Waals surface area (Å²) in [6, 6.07) is 15.6. The molecular weight excluding hydrogens is 352 g/mol. The van der Waals surface area contributed by atoms with E-state index in [0.29, 0.717) is 19.6 Å². The van der Waals surface area contributed by atoms with Crippen molar-refractivity contribution in [2.45, 2.75) is 18.2 Å². The van der Waals surface area contributed by atoms with Crippen molar-refractivity contribution in [1.82, 2.24) is 4.72 Å².